The van der Waals surface area contributed by atoms with E-state index in [0.29, 0.717) is 12.4 Å². The molecule has 0 saturated carbocycles. The predicted octanol–water partition coefficient (Wildman–Crippen LogP) is 2.36. The normalized spacial score (nSPS) is 10.8. The summed E-state index contributed by atoms with van der Waals surface area (Å²) in [5.41, 5.74) is 0.132. The van der Waals surface area contributed by atoms with Crippen molar-refractivity contribution in [3.8, 4) is 5.75 Å². The summed E-state index contributed by atoms with van der Waals surface area (Å²) in [6.45, 7) is 3.96. The summed E-state index contributed by atoms with van der Waals surface area (Å²) in [5.74, 6) is -0.810. The number of rotatable bonds is 7. The van der Waals surface area contributed by atoms with Gasteiger partial charge in [-0.25, -0.2) is 4.79 Å². The third-order valence-electron chi connectivity index (χ3n) is 2.46. The summed E-state index contributed by atoms with van der Waals surface area (Å²) in [6, 6.07) is 6.67. The van der Waals surface area contributed by atoms with Crippen molar-refractivity contribution in [1.82, 2.24) is 0 Å². The molecule has 5 heteroatoms. The summed E-state index contributed by atoms with van der Waals surface area (Å²) >= 11 is 0. The van der Waals surface area contributed by atoms with Gasteiger partial charge in [-0.3, -0.25) is 4.79 Å². The van der Waals surface area contributed by atoms with E-state index in [9.17, 15) is 9.59 Å². The largest absolute Gasteiger partial charge is 0.500 e. The molecule has 0 unspecified atom stereocenters. The summed E-state index contributed by atoms with van der Waals surface area (Å²) in [7, 11) is 1.46. The standard InChI is InChI=1S/C15H18O5/c1-4-19-10-12(15(17)20-5-2)14(16)11-8-6-7-9-13(11)18-3/h6-10H,4-5H2,1-3H3. The Morgan fingerprint density at radius 1 is 1.15 bits per heavy atom. The van der Waals surface area contributed by atoms with E-state index in [0.717, 1.165) is 6.26 Å². The zero-order chi connectivity index (χ0) is 15.0. The number of hydrogen-bond donors (Lipinski definition) is 0. The molecule has 1 aromatic carbocycles. The molecule has 0 amide bonds. The first-order chi connectivity index (χ1) is 9.65. The van der Waals surface area contributed by atoms with Gasteiger partial charge in [0.15, 0.2) is 0 Å². The van der Waals surface area contributed by atoms with Crippen LogP contribution in [0.25, 0.3) is 0 Å². The number of carbonyl (C=O) groups is 2. The van der Waals surface area contributed by atoms with Crippen LogP contribution in [0.2, 0.25) is 0 Å². The Balaban J connectivity index is 3.13. The molecule has 0 aromatic heterocycles. The fourth-order valence-electron chi connectivity index (χ4n) is 1.55. The lowest BCUT2D eigenvalue weighted by molar-refractivity contribution is -0.138. The van der Waals surface area contributed by atoms with Crippen molar-refractivity contribution >= 4 is 11.8 Å². The molecular formula is C15H18O5. The van der Waals surface area contributed by atoms with E-state index in [1.54, 1.807) is 38.1 Å². The molecule has 0 spiro atoms. The Bertz CT molecular complexity index is 505. The van der Waals surface area contributed by atoms with E-state index >= 15 is 0 Å². The highest BCUT2D eigenvalue weighted by atomic mass is 16.5. The Morgan fingerprint density at radius 3 is 2.45 bits per heavy atom. The molecule has 1 rings (SSSR count). The van der Waals surface area contributed by atoms with Crippen LogP contribution in [-0.2, 0) is 14.3 Å². The lowest BCUT2D eigenvalue weighted by Gasteiger charge is -2.09. The van der Waals surface area contributed by atoms with Crippen LogP contribution < -0.4 is 4.74 Å². The minimum atomic E-state index is -0.711. The number of ketones is 1. The van der Waals surface area contributed by atoms with Gasteiger partial charge in [-0.05, 0) is 26.0 Å². The van der Waals surface area contributed by atoms with E-state index in [1.807, 2.05) is 0 Å². The number of ether oxygens (including phenoxy) is 3. The Hall–Kier alpha value is -2.30. The molecule has 0 aliphatic rings. The average Bonchev–Trinajstić information content (AvgIpc) is 2.47. The van der Waals surface area contributed by atoms with Gasteiger partial charge in [-0.1, -0.05) is 12.1 Å². The maximum Gasteiger partial charge on any atom is 0.345 e. The first-order valence-electron chi connectivity index (χ1n) is 6.32. The summed E-state index contributed by atoms with van der Waals surface area (Å²) in [5, 5.41) is 0. The molecular weight excluding hydrogens is 260 g/mol. The quantitative estimate of drug-likeness (QED) is 0.191. The van der Waals surface area contributed by atoms with Crippen molar-refractivity contribution in [1.29, 1.82) is 0 Å². The second-order valence-electron chi connectivity index (χ2n) is 3.74. The SMILES string of the molecule is CCOC=C(C(=O)OCC)C(=O)c1ccccc1OC. The third-order valence-corrected chi connectivity index (χ3v) is 2.46. The molecule has 0 fully saturated rings. The topological polar surface area (TPSA) is 61.8 Å². The van der Waals surface area contributed by atoms with Gasteiger partial charge in [0, 0.05) is 0 Å². The van der Waals surface area contributed by atoms with Crippen LogP contribution in [0.1, 0.15) is 24.2 Å². The molecule has 0 heterocycles. The summed E-state index contributed by atoms with van der Waals surface area (Å²) in [6.07, 6.45) is 1.13. The van der Waals surface area contributed by atoms with Gasteiger partial charge < -0.3 is 14.2 Å². The van der Waals surface area contributed by atoms with Crippen LogP contribution in [0.5, 0.6) is 5.75 Å². The lowest BCUT2D eigenvalue weighted by Crippen LogP contribution is -2.17. The Morgan fingerprint density at radius 2 is 1.85 bits per heavy atom. The van der Waals surface area contributed by atoms with Crippen molar-refractivity contribution in [2.45, 2.75) is 13.8 Å². The molecule has 20 heavy (non-hydrogen) atoms. The van der Waals surface area contributed by atoms with Crippen molar-refractivity contribution in [3.63, 3.8) is 0 Å². The monoisotopic (exact) mass is 278 g/mol. The number of methoxy groups -OCH3 is 1. The highest BCUT2D eigenvalue weighted by Gasteiger charge is 2.24. The number of Topliss-reactive ketones (excluding diaryl/α,β-unsaturated/α-hetero) is 1. The predicted molar refractivity (Wildman–Crippen MR) is 73.7 cm³/mol. The number of benzene rings is 1. The van der Waals surface area contributed by atoms with E-state index < -0.39 is 11.8 Å². The van der Waals surface area contributed by atoms with Crippen molar-refractivity contribution < 1.29 is 23.8 Å². The zero-order valence-electron chi connectivity index (χ0n) is 11.8. The number of esters is 1. The molecule has 5 nitrogen and oxygen atoms in total. The molecule has 0 aliphatic carbocycles. The highest BCUT2D eigenvalue weighted by molar-refractivity contribution is 6.24. The van der Waals surface area contributed by atoms with Crippen molar-refractivity contribution in [2.75, 3.05) is 20.3 Å². The summed E-state index contributed by atoms with van der Waals surface area (Å²) in [4.78, 5) is 24.2. The van der Waals surface area contributed by atoms with E-state index in [1.165, 1.54) is 7.11 Å². The number of carbonyl (C=O) groups excluding carboxylic acids is 2. The van der Waals surface area contributed by atoms with Crippen LogP contribution >= 0.6 is 0 Å². The first kappa shape index (κ1) is 15.8. The Kier molecular flexibility index (Phi) is 6.29. The van der Waals surface area contributed by atoms with Gasteiger partial charge >= 0.3 is 5.97 Å². The fraction of sp³-hybridized carbons (Fsp3) is 0.333. The van der Waals surface area contributed by atoms with Crippen LogP contribution in [0, 0.1) is 0 Å². The number of hydrogen-bond acceptors (Lipinski definition) is 5. The molecule has 0 saturated heterocycles. The molecule has 108 valence electrons. The number of para-hydroxylation sites is 1. The van der Waals surface area contributed by atoms with Crippen molar-refractivity contribution in [2.24, 2.45) is 0 Å². The van der Waals surface area contributed by atoms with Crippen LogP contribution in [-0.4, -0.2) is 32.1 Å². The lowest BCUT2D eigenvalue weighted by atomic mass is 10.0. The van der Waals surface area contributed by atoms with Gasteiger partial charge in [0.05, 0.1) is 25.9 Å². The molecule has 0 bridgehead atoms. The van der Waals surface area contributed by atoms with E-state index in [4.69, 9.17) is 14.2 Å². The average molecular weight is 278 g/mol. The fourth-order valence-corrected chi connectivity index (χ4v) is 1.55. The molecule has 1 aromatic rings. The van der Waals surface area contributed by atoms with Gasteiger partial charge in [-0.15, -0.1) is 0 Å². The third kappa shape index (κ3) is 3.85. The van der Waals surface area contributed by atoms with E-state index in [2.05, 4.69) is 0 Å². The van der Waals surface area contributed by atoms with Gasteiger partial charge in [0.1, 0.15) is 17.6 Å². The summed E-state index contributed by atoms with van der Waals surface area (Å²) < 4.78 is 15.0. The van der Waals surface area contributed by atoms with Gasteiger partial charge in [-0.2, -0.15) is 0 Å². The van der Waals surface area contributed by atoms with Crippen LogP contribution in [0.4, 0.5) is 0 Å². The zero-order valence-corrected chi connectivity index (χ0v) is 11.8. The minimum Gasteiger partial charge on any atom is -0.500 e. The molecule has 0 radical (unpaired) electrons. The van der Waals surface area contributed by atoms with Gasteiger partial charge in [0.25, 0.3) is 0 Å². The van der Waals surface area contributed by atoms with Crippen molar-refractivity contribution in [3.05, 3.63) is 41.7 Å². The molecule has 0 aliphatic heterocycles. The van der Waals surface area contributed by atoms with Gasteiger partial charge in [0.2, 0.25) is 5.78 Å². The van der Waals surface area contributed by atoms with Crippen LogP contribution in [0.3, 0.4) is 0 Å². The smallest absolute Gasteiger partial charge is 0.345 e. The molecule has 0 atom stereocenters. The minimum absolute atomic E-state index is 0.154. The maximum atomic E-state index is 12.4. The molecule has 0 N–H and O–H groups in total. The van der Waals surface area contributed by atoms with Crippen LogP contribution in [0.15, 0.2) is 36.1 Å². The van der Waals surface area contributed by atoms with E-state index in [-0.39, 0.29) is 17.7 Å². The first-order valence-corrected chi connectivity index (χ1v) is 6.32. The second-order valence-corrected chi connectivity index (χ2v) is 3.74. The maximum absolute atomic E-state index is 12.4. The second kappa shape index (κ2) is 7.99. The highest BCUT2D eigenvalue weighted by Crippen LogP contribution is 2.21. The Labute approximate surface area is 118 Å².